The number of fused-ring (bicyclic) bond motifs is 2. The molecule has 0 spiro atoms. The summed E-state index contributed by atoms with van der Waals surface area (Å²) >= 11 is 0. The number of non-ortho nitro benzene ring substituents is 2. The Morgan fingerprint density at radius 3 is 2.28 bits per heavy atom. The first-order chi connectivity index (χ1) is 35.0. The van der Waals surface area contributed by atoms with E-state index < -0.39 is 45.2 Å². The van der Waals surface area contributed by atoms with E-state index in [1.165, 1.54) is 48.5 Å². The Kier molecular flexibility index (Phi) is 18.8. The van der Waals surface area contributed by atoms with E-state index >= 15 is 0 Å². The average Bonchev–Trinajstić information content (AvgIpc) is 3.38. The van der Waals surface area contributed by atoms with Gasteiger partial charge in [0, 0.05) is 73.6 Å². The number of ether oxygens (including phenoxy) is 4. The summed E-state index contributed by atoms with van der Waals surface area (Å²) in [7, 11) is 0. The highest BCUT2D eigenvalue weighted by atomic mass is 19.1. The number of allylic oxidation sites excluding steroid dienone is 1. The van der Waals surface area contributed by atoms with E-state index in [9.17, 15) is 44.7 Å². The second-order valence-corrected chi connectivity index (χ2v) is 17.9. The highest BCUT2D eigenvalue weighted by Crippen LogP contribution is 2.62. The Bertz CT molecular complexity index is 2590. The normalized spacial score (nSPS) is 21.5. The van der Waals surface area contributed by atoms with Crippen LogP contribution in [0, 0.1) is 43.8 Å². The van der Waals surface area contributed by atoms with Crippen molar-refractivity contribution in [3.63, 3.8) is 0 Å². The average molecular weight is 993 g/mol. The number of carbonyl (C=O) groups excluding carboxylic acids is 1. The number of oxime groups is 1. The fourth-order valence-corrected chi connectivity index (χ4v) is 10.1. The van der Waals surface area contributed by atoms with Gasteiger partial charge in [0.15, 0.2) is 0 Å². The number of hydrogen-bond acceptors (Lipinski definition) is 14. The van der Waals surface area contributed by atoms with Crippen molar-refractivity contribution in [2.24, 2.45) is 22.9 Å². The predicted octanol–water partition coefficient (Wildman–Crippen LogP) is 8.61. The second kappa shape index (κ2) is 25.5. The van der Waals surface area contributed by atoms with Crippen LogP contribution < -0.4 is 9.47 Å². The van der Waals surface area contributed by atoms with Crippen LogP contribution in [0.5, 0.6) is 11.5 Å². The summed E-state index contributed by atoms with van der Waals surface area (Å²) in [6, 6.07) is 22.6. The SMILES string of the molecule is C=CCO[C@@]12Oc3ccc(OCc4ccccc4F)cc3[C@H]3[C@H](CCCCO)[C@@H](CCCCO)C=C(C(=NOCc4ccc([N+](=O)[O-])cc4)C[C@@H]1N(CCOCCO)C(=O)C=Cc1ccc([N+](=O)[O-])cc1)[C@H]32. The first kappa shape index (κ1) is 53.0. The summed E-state index contributed by atoms with van der Waals surface area (Å²) in [5.74, 6) is -2.95. The number of hydrogen-bond donors (Lipinski definition) is 3. The van der Waals surface area contributed by atoms with E-state index in [1.54, 1.807) is 59.5 Å². The zero-order valence-electron chi connectivity index (χ0n) is 40.0. The van der Waals surface area contributed by atoms with Crippen LogP contribution in [-0.4, -0.2) is 99.7 Å². The minimum atomic E-state index is -1.65. The fraction of sp³-hybridized carbons (Fsp3) is 0.407. The minimum absolute atomic E-state index is 0.00162. The van der Waals surface area contributed by atoms with Crippen molar-refractivity contribution in [2.45, 2.75) is 75.9 Å². The van der Waals surface area contributed by atoms with Crippen molar-refractivity contribution in [3.8, 4) is 11.5 Å². The zero-order valence-corrected chi connectivity index (χ0v) is 40.0. The molecule has 17 nitrogen and oxygen atoms in total. The van der Waals surface area contributed by atoms with Gasteiger partial charge in [-0.1, -0.05) is 48.3 Å². The van der Waals surface area contributed by atoms with Crippen molar-refractivity contribution in [1.29, 1.82) is 0 Å². The van der Waals surface area contributed by atoms with Gasteiger partial charge in [0.05, 0.1) is 47.9 Å². The van der Waals surface area contributed by atoms with Gasteiger partial charge in [-0.05, 0) is 109 Å². The molecule has 7 rings (SSSR count). The number of rotatable bonds is 27. The number of amides is 1. The molecule has 1 amide bonds. The molecule has 1 aliphatic heterocycles. The lowest BCUT2D eigenvalue weighted by molar-refractivity contribution is -0.385. The predicted molar refractivity (Wildman–Crippen MR) is 265 cm³/mol. The molecule has 1 fully saturated rings. The molecule has 4 aromatic rings. The van der Waals surface area contributed by atoms with Crippen LogP contribution in [-0.2, 0) is 32.3 Å². The summed E-state index contributed by atoms with van der Waals surface area (Å²) in [5, 5.41) is 57.3. The highest BCUT2D eigenvalue weighted by molar-refractivity contribution is 6.03. The van der Waals surface area contributed by atoms with Crippen molar-refractivity contribution in [2.75, 3.05) is 46.2 Å². The molecular weight excluding hydrogens is 932 g/mol. The smallest absolute Gasteiger partial charge is 0.269 e. The van der Waals surface area contributed by atoms with Crippen LogP contribution in [0.25, 0.3) is 6.08 Å². The molecule has 0 aromatic heterocycles. The number of aliphatic hydroxyl groups is 3. The van der Waals surface area contributed by atoms with Gasteiger partial charge in [-0.2, -0.15) is 0 Å². The Balaban J connectivity index is 1.42. The summed E-state index contributed by atoms with van der Waals surface area (Å²) < 4.78 is 41.3. The van der Waals surface area contributed by atoms with Crippen molar-refractivity contribution < 1.29 is 58.1 Å². The molecule has 0 bridgehead atoms. The molecule has 3 N–H and O–H groups in total. The van der Waals surface area contributed by atoms with E-state index in [1.807, 2.05) is 6.07 Å². The number of unbranched alkanes of at least 4 members (excludes halogenated alkanes) is 2. The summed E-state index contributed by atoms with van der Waals surface area (Å²) in [6.07, 6.45) is 10.6. The summed E-state index contributed by atoms with van der Waals surface area (Å²) in [5.41, 5.74) is 3.36. The third-order valence-electron chi connectivity index (χ3n) is 13.4. The Morgan fingerprint density at radius 2 is 1.60 bits per heavy atom. The van der Waals surface area contributed by atoms with E-state index in [-0.39, 0.29) is 89.0 Å². The van der Waals surface area contributed by atoms with Crippen molar-refractivity contribution in [1.82, 2.24) is 4.90 Å². The standard InChI is InChI=1S/C54H61FN4O13/c1-2-29-70-54-50(57(25-30-68-31-28-62)51(63)24-17-37-13-18-41(19-14-37)58(64)65)34-48(56-71-35-38-15-20-42(21-16-38)59(66)67)45-32-39(9-5-7-26-60)44(11-6-8-27-61)52(53(45)54)46-33-43(22-23-49(46)72-54)69-36-40-10-3-4-12-47(40)55/h2-4,10,12-24,32-33,39,44,50,52-53,60-62H,1,5-9,11,25-31,34-36H2/t39-,44+,50-,52+,53+,54+/m0/s1. The number of benzene rings is 4. The van der Waals surface area contributed by atoms with E-state index in [4.69, 9.17) is 28.9 Å². The molecule has 1 heterocycles. The van der Waals surface area contributed by atoms with Gasteiger partial charge in [0.25, 0.3) is 11.4 Å². The molecule has 382 valence electrons. The fourth-order valence-electron chi connectivity index (χ4n) is 10.1. The van der Waals surface area contributed by atoms with E-state index in [0.717, 1.165) is 11.1 Å². The van der Waals surface area contributed by atoms with Crippen molar-refractivity contribution in [3.05, 3.63) is 170 Å². The first-order valence-electron chi connectivity index (χ1n) is 24.2. The van der Waals surface area contributed by atoms with Gasteiger partial charge in [-0.15, -0.1) is 6.58 Å². The number of halogens is 1. The third kappa shape index (κ3) is 12.6. The number of nitrogens with zero attached hydrogens (tertiary/aromatic N) is 4. The molecule has 6 atom stereocenters. The van der Waals surface area contributed by atoms with Crippen LogP contribution in [0.1, 0.15) is 73.1 Å². The van der Waals surface area contributed by atoms with Gasteiger partial charge < -0.3 is 44.0 Å². The topological polar surface area (TPSA) is 226 Å². The van der Waals surface area contributed by atoms with E-state index in [0.29, 0.717) is 72.4 Å². The molecule has 3 aliphatic rings. The lowest BCUT2D eigenvalue weighted by Gasteiger charge is -2.60. The number of nitro benzene ring substituents is 2. The molecule has 0 radical (unpaired) electrons. The molecule has 0 unspecified atom stereocenters. The molecule has 1 saturated carbocycles. The van der Waals surface area contributed by atoms with Gasteiger partial charge in [-0.3, -0.25) is 25.0 Å². The Hall–Kier alpha value is -6.83. The monoisotopic (exact) mass is 992 g/mol. The van der Waals surface area contributed by atoms with Gasteiger partial charge >= 0.3 is 0 Å². The third-order valence-corrected chi connectivity index (χ3v) is 13.4. The van der Waals surface area contributed by atoms with Crippen molar-refractivity contribution >= 4 is 29.1 Å². The van der Waals surface area contributed by atoms with Crippen LogP contribution in [0.2, 0.25) is 0 Å². The second-order valence-electron chi connectivity index (χ2n) is 17.9. The quantitative estimate of drug-likeness (QED) is 0.0167. The van der Waals surface area contributed by atoms with Gasteiger partial charge in [-0.25, -0.2) is 4.39 Å². The summed E-state index contributed by atoms with van der Waals surface area (Å²) in [4.78, 5) is 44.6. The molecular formula is C54H61FN4O13. The number of aliphatic hydroxyl groups excluding tert-OH is 3. The maximum Gasteiger partial charge on any atom is 0.269 e. The van der Waals surface area contributed by atoms with Crippen LogP contribution in [0.15, 0.2) is 127 Å². The van der Waals surface area contributed by atoms with Gasteiger partial charge in [0.1, 0.15) is 36.6 Å². The molecule has 0 saturated heterocycles. The molecule has 4 aromatic carbocycles. The van der Waals surface area contributed by atoms with Gasteiger partial charge in [0.2, 0.25) is 11.7 Å². The lowest BCUT2D eigenvalue weighted by atomic mass is 9.55. The largest absolute Gasteiger partial charge is 0.489 e. The maximum absolute atomic E-state index is 15.0. The Labute approximate surface area is 417 Å². The zero-order chi connectivity index (χ0) is 51.0. The Morgan fingerprint density at radius 1 is 0.889 bits per heavy atom. The van der Waals surface area contributed by atoms with Crippen LogP contribution in [0.3, 0.4) is 0 Å². The van der Waals surface area contributed by atoms with Crippen LogP contribution >= 0.6 is 0 Å². The number of carbonyl (C=O) groups is 1. The van der Waals surface area contributed by atoms with E-state index in [2.05, 4.69) is 12.7 Å². The molecule has 18 heteroatoms. The minimum Gasteiger partial charge on any atom is -0.489 e. The maximum atomic E-state index is 15.0. The lowest BCUT2D eigenvalue weighted by Crippen LogP contribution is -2.70. The number of nitro groups is 2. The highest BCUT2D eigenvalue weighted by Gasteiger charge is 2.65. The summed E-state index contributed by atoms with van der Waals surface area (Å²) in [6.45, 7) is 3.63. The molecule has 2 aliphatic carbocycles. The first-order valence-corrected chi connectivity index (χ1v) is 24.2. The molecule has 72 heavy (non-hydrogen) atoms. The van der Waals surface area contributed by atoms with Crippen LogP contribution in [0.4, 0.5) is 15.8 Å².